The van der Waals surface area contributed by atoms with E-state index < -0.39 is 0 Å². The Bertz CT molecular complexity index is 591. The number of hydrogen-bond donors (Lipinski definition) is 2. The van der Waals surface area contributed by atoms with Gasteiger partial charge >= 0.3 is 0 Å². The molecule has 0 bridgehead atoms. The minimum absolute atomic E-state index is 0. The van der Waals surface area contributed by atoms with Crippen molar-refractivity contribution in [1.82, 2.24) is 5.32 Å². The molecule has 0 aliphatic rings. The van der Waals surface area contributed by atoms with Gasteiger partial charge in [0.1, 0.15) is 0 Å². The summed E-state index contributed by atoms with van der Waals surface area (Å²) >= 11 is 0. The minimum Gasteiger partial charge on any atom is -0.370 e. The summed E-state index contributed by atoms with van der Waals surface area (Å²) in [6.45, 7) is 4.94. The Morgan fingerprint density at radius 1 is 1.05 bits per heavy atom. The van der Waals surface area contributed by atoms with Crippen LogP contribution in [-0.4, -0.2) is 19.0 Å². The van der Waals surface area contributed by atoms with Crippen molar-refractivity contribution in [3.05, 3.63) is 72.8 Å². The number of halogens is 1. The van der Waals surface area contributed by atoms with Gasteiger partial charge in [-0.2, -0.15) is 0 Å². The molecule has 3 N–H and O–H groups in total. The van der Waals surface area contributed by atoms with E-state index in [1.807, 2.05) is 6.07 Å². The van der Waals surface area contributed by atoms with Crippen molar-refractivity contribution < 1.29 is 0 Å². The molecule has 0 saturated heterocycles. The van der Waals surface area contributed by atoms with Gasteiger partial charge in [-0.05, 0) is 23.1 Å². The smallest absolute Gasteiger partial charge is 0.188 e. The molecule has 0 aromatic heterocycles. The van der Waals surface area contributed by atoms with Crippen molar-refractivity contribution >= 4 is 29.9 Å². The standard InChI is InChI=1S/C18H21N3.HI/c1-2-13-20-18(19)21-14-12-15-8-10-17(11-9-15)16-6-4-3-5-7-16;/h2-11H,1,12-14H2,(H3,19,20,21);1H. The highest BCUT2D eigenvalue weighted by Crippen LogP contribution is 2.19. The first-order chi connectivity index (χ1) is 10.3. The second kappa shape index (κ2) is 10.00. The molecule has 4 heteroatoms. The Hall–Kier alpha value is -1.82. The topological polar surface area (TPSA) is 50.4 Å². The lowest BCUT2D eigenvalue weighted by molar-refractivity contribution is 0.930. The second-order valence-corrected chi connectivity index (χ2v) is 4.75. The van der Waals surface area contributed by atoms with Crippen molar-refractivity contribution in [2.75, 3.05) is 13.1 Å². The molecule has 116 valence electrons. The van der Waals surface area contributed by atoms with Gasteiger partial charge in [-0.1, -0.05) is 60.7 Å². The summed E-state index contributed by atoms with van der Waals surface area (Å²) in [5, 5.41) is 2.96. The molecule has 22 heavy (non-hydrogen) atoms. The van der Waals surface area contributed by atoms with Crippen LogP contribution in [0.15, 0.2) is 72.2 Å². The molecule has 0 aliphatic carbocycles. The summed E-state index contributed by atoms with van der Waals surface area (Å²) < 4.78 is 0. The summed E-state index contributed by atoms with van der Waals surface area (Å²) in [6.07, 6.45) is 2.64. The zero-order chi connectivity index (χ0) is 14.9. The monoisotopic (exact) mass is 407 g/mol. The number of hydrogen-bond acceptors (Lipinski definition) is 1. The third-order valence-electron chi connectivity index (χ3n) is 3.17. The Morgan fingerprint density at radius 2 is 1.68 bits per heavy atom. The average molecular weight is 407 g/mol. The average Bonchev–Trinajstić information content (AvgIpc) is 2.54. The first kappa shape index (κ1) is 18.2. The maximum Gasteiger partial charge on any atom is 0.188 e. The van der Waals surface area contributed by atoms with Gasteiger partial charge < -0.3 is 11.1 Å². The van der Waals surface area contributed by atoms with Crippen molar-refractivity contribution in [3.8, 4) is 11.1 Å². The highest BCUT2D eigenvalue weighted by Gasteiger charge is 1.97. The van der Waals surface area contributed by atoms with Gasteiger partial charge in [-0.25, -0.2) is 0 Å². The molecule has 2 rings (SSSR count). The minimum atomic E-state index is 0. The molecular weight excluding hydrogens is 385 g/mol. The molecule has 0 amide bonds. The second-order valence-electron chi connectivity index (χ2n) is 4.75. The van der Waals surface area contributed by atoms with E-state index in [4.69, 9.17) is 5.73 Å². The lowest BCUT2D eigenvalue weighted by Crippen LogP contribution is -2.31. The van der Waals surface area contributed by atoms with Crippen LogP contribution in [0, 0.1) is 0 Å². The fourth-order valence-electron chi connectivity index (χ4n) is 2.03. The lowest BCUT2D eigenvalue weighted by atomic mass is 10.0. The number of rotatable bonds is 6. The van der Waals surface area contributed by atoms with Gasteiger partial charge in [-0.15, -0.1) is 30.6 Å². The molecule has 0 aliphatic heterocycles. The Balaban J connectivity index is 0.00000242. The molecule has 0 heterocycles. The summed E-state index contributed by atoms with van der Waals surface area (Å²) in [7, 11) is 0. The number of benzene rings is 2. The highest BCUT2D eigenvalue weighted by molar-refractivity contribution is 14.0. The van der Waals surface area contributed by atoms with Crippen LogP contribution in [0.25, 0.3) is 11.1 Å². The fraction of sp³-hybridized carbons (Fsp3) is 0.167. The predicted octanol–water partition coefficient (Wildman–Crippen LogP) is 3.60. The van der Waals surface area contributed by atoms with Crippen molar-refractivity contribution in [3.63, 3.8) is 0 Å². The van der Waals surface area contributed by atoms with Crippen LogP contribution in [0.5, 0.6) is 0 Å². The maximum absolute atomic E-state index is 5.72. The number of nitrogens with zero attached hydrogens (tertiary/aromatic N) is 1. The van der Waals surface area contributed by atoms with E-state index in [0.717, 1.165) is 6.42 Å². The third kappa shape index (κ3) is 5.89. The van der Waals surface area contributed by atoms with Crippen LogP contribution in [0.4, 0.5) is 0 Å². The SMILES string of the molecule is C=CCNC(N)=NCCc1ccc(-c2ccccc2)cc1.I. The maximum atomic E-state index is 5.72. The van der Waals surface area contributed by atoms with E-state index in [1.165, 1.54) is 16.7 Å². The molecule has 0 unspecified atom stereocenters. The van der Waals surface area contributed by atoms with E-state index in [2.05, 4.69) is 65.4 Å². The van der Waals surface area contributed by atoms with Gasteiger partial charge in [0, 0.05) is 13.1 Å². The summed E-state index contributed by atoms with van der Waals surface area (Å²) in [6, 6.07) is 18.9. The quantitative estimate of drug-likeness (QED) is 0.333. The zero-order valence-corrected chi connectivity index (χ0v) is 14.9. The first-order valence-corrected chi connectivity index (χ1v) is 7.08. The fourth-order valence-corrected chi connectivity index (χ4v) is 2.03. The van der Waals surface area contributed by atoms with E-state index >= 15 is 0 Å². The lowest BCUT2D eigenvalue weighted by Gasteiger charge is -2.04. The Kier molecular flexibility index (Phi) is 8.28. The Morgan fingerprint density at radius 3 is 2.32 bits per heavy atom. The van der Waals surface area contributed by atoms with Gasteiger partial charge in [0.05, 0.1) is 0 Å². The van der Waals surface area contributed by atoms with Crippen molar-refractivity contribution in [2.24, 2.45) is 10.7 Å². The van der Waals surface area contributed by atoms with Gasteiger partial charge in [0.25, 0.3) is 0 Å². The zero-order valence-electron chi connectivity index (χ0n) is 12.5. The van der Waals surface area contributed by atoms with E-state index in [9.17, 15) is 0 Å². The van der Waals surface area contributed by atoms with Gasteiger partial charge in [0.2, 0.25) is 0 Å². The molecule has 2 aromatic carbocycles. The van der Waals surface area contributed by atoms with E-state index in [1.54, 1.807) is 6.08 Å². The number of aliphatic imine (C=N–C) groups is 1. The van der Waals surface area contributed by atoms with Crippen molar-refractivity contribution in [2.45, 2.75) is 6.42 Å². The van der Waals surface area contributed by atoms with Crippen LogP contribution in [0.3, 0.4) is 0 Å². The van der Waals surface area contributed by atoms with Crippen LogP contribution in [-0.2, 0) is 6.42 Å². The predicted molar refractivity (Wildman–Crippen MR) is 106 cm³/mol. The molecule has 0 atom stereocenters. The molecule has 2 aromatic rings. The normalized spacial score (nSPS) is 10.6. The van der Waals surface area contributed by atoms with Gasteiger partial charge in [0.15, 0.2) is 5.96 Å². The third-order valence-corrected chi connectivity index (χ3v) is 3.17. The van der Waals surface area contributed by atoms with Crippen LogP contribution >= 0.6 is 24.0 Å². The van der Waals surface area contributed by atoms with E-state index in [-0.39, 0.29) is 24.0 Å². The summed E-state index contributed by atoms with van der Waals surface area (Å²) in [5.74, 6) is 0.468. The largest absolute Gasteiger partial charge is 0.370 e. The first-order valence-electron chi connectivity index (χ1n) is 7.08. The van der Waals surface area contributed by atoms with Crippen LogP contribution in [0.1, 0.15) is 5.56 Å². The van der Waals surface area contributed by atoms with Crippen LogP contribution < -0.4 is 11.1 Å². The number of guanidine groups is 1. The number of nitrogens with one attached hydrogen (secondary N) is 1. The molecular formula is C18H22IN3. The highest BCUT2D eigenvalue weighted by atomic mass is 127. The van der Waals surface area contributed by atoms with E-state index in [0.29, 0.717) is 19.0 Å². The summed E-state index contributed by atoms with van der Waals surface area (Å²) in [4.78, 5) is 4.27. The number of nitrogens with two attached hydrogens (primary N) is 1. The molecule has 0 spiro atoms. The molecule has 3 nitrogen and oxygen atoms in total. The van der Waals surface area contributed by atoms with Crippen molar-refractivity contribution in [1.29, 1.82) is 0 Å². The van der Waals surface area contributed by atoms with Crippen LogP contribution in [0.2, 0.25) is 0 Å². The molecule has 0 radical (unpaired) electrons. The summed E-state index contributed by atoms with van der Waals surface area (Å²) in [5.41, 5.74) is 9.44. The molecule has 0 fully saturated rings. The van der Waals surface area contributed by atoms with Gasteiger partial charge in [-0.3, -0.25) is 4.99 Å². The Labute approximate surface area is 149 Å². The molecule has 0 saturated carbocycles.